The van der Waals surface area contributed by atoms with E-state index in [9.17, 15) is 19.0 Å². The van der Waals surface area contributed by atoms with Gasteiger partial charge in [-0.15, -0.1) is 0 Å². The summed E-state index contributed by atoms with van der Waals surface area (Å²) in [6.45, 7) is 4.77. The third-order valence-electron chi connectivity index (χ3n) is 9.34. The number of ether oxygens (including phenoxy) is 2. The lowest BCUT2D eigenvalue weighted by Crippen LogP contribution is -2.37. The molecule has 0 aromatic carbocycles. The van der Waals surface area contributed by atoms with E-state index in [4.69, 9.17) is 18.5 Å². The zero-order chi connectivity index (χ0) is 39.3. The molecule has 2 atom stereocenters. The molecule has 10 nitrogen and oxygen atoms in total. The third kappa shape index (κ3) is 40.0. The summed E-state index contributed by atoms with van der Waals surface area (Å²) < 4.78 is 34.1. The molecule has 0 aliphatic heterocycles. The van der Waals surface area contributed by atoms with E-state index in [1.54, 1.807) is 0 Å². The van der Waals surface area contributed by atoms with Gasteiger partial charge in [-0.3, -0.25) is 13.8 Å². The third-order valence-corrected chi connectivity index (χ3v) is 10.3. The number of nitrogens with one attached hydrogen (secondary N) is 1. The molecular formula is C42H84N2O8P+. The highest BCUT2D eigenvalue weighted by Crippen LogP contribution is 2.43. The number of quaternary nitrogens is 1. The Bertz CT molecular complexity index is 927. The summed E-state index contributed by atoms with van der Waals surface area (Å²) in [6.07, 6.45) is 34.6. The van der Waals surface area contributed by atoms with Gasteiger partial charge in [0.15, 0.2) is 6.10 Å². The van der Waals surface area contributed by atoms with Crippen LogP contribution >= 0.6 is 7.82 Å². The van der Waals surface area contributed by atoms with Crippen molar-refractivity contribution < 1.29 is 42.1 Å². The van der Waals surface area contributed by atoms with E-state index in [2.05, 4.69) is 31.3 Å². The van der Waals surface area contributed by atoms with E-state index >= 15 is 0 Å². The van der Waals surface area contributed by atoms with Crippen LogP contribution in [0.3, 0.4) is 0 Å². The normalized spacial score (nSPS) is 13.6. The molecule has 0 aromatic heterocycles. The first-order valence-electron chi connectivity index (χ1n) is 21.7. The van der Waals surface area contributed by atoms with Crippen molar-refractivity contribution in [1.82, 2.24) is 5.32 Å². The van der Waals surface area contributed by atoms with Crippen LogP contribution in [0, 0.1) is 0 Å². The van der Waals surface area contributed by atoms with Gasteiger partial charge in [0.25, 0.3) is 0 Å². The largest absolute Gasteiger partial charge is 0.472 e. The number of hydrogen-bond acceptors (Lipinski definition) is 7. The van der Waals surface area contributed by atoms with E-state index in [1.165, 1.54) is 128 Å². The first kappa shape index (κ1) is 51.5. The molecule has 11 heteroatoms. The standard InChI is InChI=1S/C42H83N2O8P/c1-6-8-10-12-14-16-18-20-21-23-25-27-29-31-33-35-43-42(46)52-40(39-51-53(47,48)50-37-36-44(3,4)5)38-49-41(45)34-32-30-28-26-24-22-19-17-15-13-11-9-7-2/h16,18,40H,6-15,17,19-39H2,1-5H3,(H-,43,46,47,48)/p+1/b18-16-/t40-/m1/s1. The Kier molecular flexibility index (Phi) is 35.2. The first-order chi connectivity index (χ1) is 25.5. The van der Waals surface area contributed by atoms with Crippen molar-refractivity contribution in [2.24, 2.45) is 0 Å². The number of esters is 1. The number of hydrogen-bond donors (Lipinski definition) is 2. The number of carbonyl (C=O) groups excluding carboxylic acids is 2. The van der Waals surface area contributed by atoms with Gasteiger partial charge < -0.3 is 24.2 Å². The highest BCUT2D eigenvalue weighted by atomic mass is 31.2. The molecule has 2 N–H and O–H groups in total. The number of carbonyl (C=O) groups is 2. The van der Waals surface area contributed by atoms with E-state index in [-0.39, 0.29) is 25.6 Å². The van der Waals surface area contributed by atoms with Gasteiger partial charge in [-0.25, -0.2) is 9.36 Å². The molecule has 0 spiro atoms. The second-order valence-electron chi connectivity index (χ2n) is 15.8. The zero-order valence-electron chi connectivity index (χ0n) is 35.1. The van der Waals surface area contributed by atoms with Gasteiger partial charge in [-0.05, 0) is 38.5 Å². The molecule has 0 aromatic rings. The lowest BCUT2D eigenvalue weighted by molar-refractivity contribution is -0.870. The predicted octanol–water partition coefficient (Wildman–Crippen LogP) is 11.6. The second-order valence-corrected chi connectivity index (χ2v) is 17.3. The molecule has 0 saturated carbocycles. The van der Waals surface area contributed by atoms with Crippen LogP contribution in [0.4, 0.5) is 4.79 Å². The molecule has 314 valence electrons. The number of allylic oxidation sites excluding steroid dienone is 2. The second kappa shape index (κ2) is 36.2. The van der Waals surface area contributed by atoms with Crippen LogP contribution in [-0.2, 0) is 27.9 Å². The number of alkyl carbamates (subject to hydrolysis) is 1. The van der Waals surface area contributed by atoms with Crippen molar-refractivity contribution >= 4 is 19.9 Å². The van der Waals surface area contributed by atoms with Crippen LogP contribution in [-0.4, -0.2) is 81.6 Å². The van der Waals surface area contributed by atoms with Gasteiger partial charge >= 0.3 is 19.9 Å². The first-order valence-corrected chi connectivity index (χ1v) is 23.2. The Hall–Kier alpha value is -1.45. The van der Waals surface area contributed by atoms with Gasteiger partial charge in [-0.2, -0.15) is 0 Å². The number of nitrogens with zero attached hydrogens (tertiary/aromatic N) is 1. The highest BCUT2D eigenvalue weighted by molar-refractivity contribution is 7.47. The monoisotopic (exact) mass is 776 g/mol. The van der Waals surface area contributed by atoms with Crippen LogP contribution in [0.25, 0.3) is 0 Å². The van der Waals surface area contributed by atoms with Crippen molar-refractivity contribution in [3.8, 4) is 0 Å². The number of likely N-dealkylation sites (N-methyl/N-ethyl adjacent to an activating group) is 1. The molecule has 0 aliphatic rings. The van der Waals surface area contributed by atoms with Gasteiger partial charge in [0.2, 0.25) is 0 Å². The van der Waals surface area contributed by atoms with E-state index in [0.29, 0.717) is 17.6 Å². The topological polar surface area (TPSA) is 120 Å². The summed E-state index contributed by atoms with van der Waals surface area (Å²) in [5.74, 6) is -0.386. The summed E-state index contributed by atoms with van der Waals surface area (Å²) in [7, 11) is 1.44. The zero-order valence-corrected chi connectivity index (χ0v) is 36.0. The molecule has 1 amide bonds. The Balaban J connectivity index is 4.34. The molecular weight excluding hydrogens is 691 g/mol. The Morgan fingerprint density at radius 2 is 1.09 bits per heavy atom. The van der Waals surface area contributed by atoms with Crippen LogP contribution < -0.4 is 5.32 Å². The summed E-state index contributed by atoms with van der Waals surface area (Å²) >= 11 is 0. The van der Waals surface area contributed by atoms with Crippen molar-refractivity contribution in [3.05, 3.63) is 12.2 Å². The Labute approximate surface area is 326 Å². The van der Waals surface area contributed by atoms with Crippen molar-refractivity contribution in [1.29, 1.82) is 0 Å². The van der Waals surface area contributed by atoms with E-state index in [0.717, 1.165) is 38.5 Å². The van der Waals surface area contributed by atoms with Gasteiger partial charge in [0, 0.05) is 13.0 Å². The Morgan fingerprint density at radius 1 is 0.642 bits per heavy atom. The van der Waals surface area contributed by atoms with Crippen LogP contribution in [0.15, 0.2) is 12.2 Å². The number of unbranched alkanes of at least 4 members (excludes halogenated alkanes) is 23. The van der Waals surface area contributed by atoms with Crippen molar-refractivity contribution in [2.45, 2.75) is 193 Å². The van der Waals surface area contributed by atoms with E-state index in [1.807, 2.05) is 21.1 Å². The lowest BCUT2D eigenvalue weighted by Gasteiger charge is -2.24. The predicted molar refractivity (Wildman–Crippen MR) is 219 cm³/mol. The summed E-state index contributed by atoms with van der Waals surface area (Å²) in [6, 6.07) is 0. The molecule has 0 heterocycles. The van der Waals surface area contributed by atoms with Gasteiger partial charge in [-0.1, -0.05) is 154 Å². The summed E-state index contributed by atoms with van der Waals surface area (Å²) in [5, 5.41) is 2.75. The smallest absolute Gasteiger partial charge is 0.462 e. The average molecular weight is 776 g/mol. The van der Waals surface area contributed by atoms with Crippen LogP contribution in [0.2, 0.25) is 0 Å². The fourth-order valence-corrected chi connectivity index (χ4v) is 6.63. The van der Waals surface area contributed by atoms with Gasteiger partial charge in [0.1, 0.15) is 19.8 Å². The maximum Gasteiger partial charge on any atom is 0.472 e. The van der Waals surface area contributed by atoms with Crippen LogP contribution in [0.5, 0.6) is 0 Å². The van der Waals surface area contributed by atoms with Crippen molar-refractivity contribution in [3.63, 3.8) is 0 Å². The fourth-order valence-electron chi connectivity index (χ4n) is 5.89. The molecule has 0 saturated heterocycles. The number of phosphoric ester groups is 1. The highest BCUT2D eigenvalue weighted by Gasteiger charge is 2.27. The number of phosphoric acid groups is 1. The minimum absolute atomic E-state index is 0.0218. The number of rotatable bonds is 39. The molecule has 0 rings (SSSR count). The maximum absolute atomic E-state index is 12.6. The average Bonchev–Trinajstić information content (AvgIpc) is 3.10. The Morgan fingerprint density at radius 3 is 1.60 bits per heavy atom. The molecule has 53 heavy (non-hydrogen) atoms. The molecule has 0 aliphatic carbocycles. The van der Waals surface area contributed by atoms with Crippen molar-refractivity contribution in [2.75, 3.05) is 54.1 Å². The minimum atomic E-state index is -4.39. The minimum Gasteiger partial charge on any atom is -0.462 e. The summed E-state index contributed by atoms with van der Waals surface area (Å²) in [5.41, 5.74) is 0. The fraction of sp³-hybridized carbons (Fsp3) is 0.905. The van der Waals surface area contributed by atoms with E-state index < -0.39 is 26.6 Å². The molecule has 1 unspecified atom stereocenters. The lowest BCUT2D eigenvalue weighted by atomic mass is 10.0. The quantitative estimate of drug-likeness (QED) is 0.0208. The maximum atomic E-state index is 12.6. The molecule has 0 fully saturated rings. The summed E-state index contributed by atoms with van der Waals surface area (Å²) in [4.78, 5) is 35.2. The molecule has 0 bridgehead atoms. The van der Waals surface area contributed by atoms with Gasteiger partial charge in [0.05, 0.1) is 27.7 Å². The van der Waals surface area contributed by atoms with Crippen LogP contribution in [0.1, 0.15) is 187 Å². The molecule has 0 radical (unpaired) electrons. The SMILES string of the molecule is CCCCCC/C=C\CCCCCCCCCNC(=O)O[C@H](COC(=O)CCCCCCCCCCCCCCC)COP(=O)(O)OCC[N+](C)(C)C. The number of amides is 1.